The zero-order valence-electron chi connectivity index (χ0n) is 16.2. The molecule has 3 aromatic rings. The molecule has 2 aromatic carbocycles. The van der Waals surface area contributed by atoms with Crippen LogP contribution in [0.5, 0.6) is 0 Å². The van der Waals surface area contributed by atoms with E-state index in [1.54, 1.807) is 12.3 Å². The topological polar surface area (TPSA) is 119 Å². The van der Waals surface area contributed by atoms with Crippen molar-refractivity contribution in [2.45, 2.75) is 37.3 Å². The standard InChI is InChI=1S/C22H22FN5O2/c23-19-16(26-15-8-13(15)11-4-2-1-3-5-11)9-17-18(20(19)24)21(29)14(22(25)27-30)10-28(17)12-6-7-12/h1-5,9-10,12-13,15,26,30H,6-8,24H2,(H2,25,27). The van der Waals surface area contributed by atoms with Crippen molar-refractivity contribution in [1.82, 2.24) is 4.57 Å². The predicted molar refractivity (Wildman–Crippen MR) is 115 cm³/mol. The van der Waals surface area contributed by atoms with Crippen LogP contribution in [0.3, 0.4) is 0 Å². The predicted octanol–water partition coefficient (Wildman–Crippen LogP) is 3.12. The van der Waals surface area contributed by atoms with Crippen LogP contribution in [-0.4, -0.2) is 21.7 Å². The van der Waals surface area contributed by atoms with Crippen molar-refractivity contribution >= 4 is 28.1 Å². The van der Waals surface area contributed by atoms with E-state index in [4.69, 9.17) is 16.7 Å². The molecule has 0 amide bonds. The first-order valence-corrected chi connectivity index (χ1v) is 9.95. The number of pyridine rings is 1. The van der Waals surface area contributed by atoms with Crippen LogP contribution in [0, 0.1) is 5.82 Å². The lowest BCUT2D eigenvalue weighted by atomic mass is 10.1. The molecule has 0 aliphatic heterocycles. The van der Waals surface area contributed by atoms with Gasteiger partial charge in [-0.15, -0.1) is 0 Å². The van der Waals surface area contributed by atoms with Crippen molar-refractivity contribution in [3.05, 3.63) is 69.8 Å². The average Bonchev–Trinajstić information content (AvgIpc) is 3.67. The largest absolute Gasteiger partial charge is 0.409 e. The van der Waals surface area contributed by atoms with E-state index in [9.17, 15) is 4.79 Å². The number of nitrogen functional groups attached to an aromatic ring is 1. The summed E-state index contributed by atoms with van der Waals surface area (Å²) in [4.78, 5) is 12.9. The smallest absolute Gasteiger partial charge is 0.202 e. The van der Waals surface area contributed by atoms with Gasteiger partial charge in [-0.05, 0) is 30.9 Å². The summed E-state index contributed by atoms with van der Waals surface area (Å²) < 4.78 is 17.0. The fraction of sp³-hybridized carbons (Fsp3) is 0.273. The molecule has 2 atom stereocenters. The Hall–Kier alpha value is -3.55. The molecule has 0 bridgehead atoms. The minimum atomic E-state index is -0.655. The Balaban J connectivity index is 1.59. The van der Waals surface area contributed by atoms with Crippen molar-refractivity contribution in [1.29, 1.82) is 0 Å². The van der Waals surface area contributed by atoms with E-state index in [0.29, 0.717) is 11.4 Å². The van der Waals surface area contributed by atoms with Gasteiger partial charge >= 0.3 is 0 Å². The number of nitrogens with two attached hydrogens (primary N) is 2. The van der Waals surface area contributed by atoms with Crippen LogP contribution in [-0.2, 0) is 0 Å². The molecule has 1 heterocycles. The van der Waals surface area contributed by atoms with Crippen LogP contribution in [0.15, 0.2) is 52.5 Å². The number of nitrogens with one attached hydrogen (secondary N) is 1. The minimum absolute atomic E-state index is 0.00930. The second-order valence-corrected chi connectivity index (χ2v) is 8.05. The summed E-state index contributed by atoms with van der Waals surface area (Å²) in [5, 5.41) is 15.3. The number of fused-ring (bicyclic) bond motifs is 1. The summed E-state index contributed by atoms with van der Waals surface area (Å²) in [6.45, 7) is 0. The molecule has 2 aliphatic rings. The molecule has 154 valence electrons. The molecule has 2 saturated carbocycles. The van der Waals surface area contributed by atoms with E-state index < -0.39 is 11.2 Å². The van der Waals surface area contributed by atoms with Crippen molar-refractivity contribution in [2.75, 3.05) is 11.1 Å². The monoisotopic (exact) mass is 407 g/mol. The molecule has 1 aromatic heterocycles. The lowest BCUT2D eigenvalue weighted by Gasteiger charge is -2.17. The Morgan fingerprint density at radius 2 is 2.00 bits per heavy atom. The van der Waals surface area contributed by atoms with Crippen LogP contribution in [0.1, 0.15) is 42.3 Å². The molecule has 30 heavy (non-hydrogen) atoms. The summed E-state index contributed by atoms with van der Waals surface area (Å²) in [5.74, 6) is -0.657. The van der Waals surface area contributed by atoms with Gasteiger partial charge in [-0.1, -0.05) is 35.5 Å². The fourth-order valence-electron chi connectivity index (χ4n) is 4.13. The van der Waals surface area contributed by atoms with Gasteiger partial charge in [-0.25, -0.2) is 4.39 Å². The maximum atomic E-state index is 15.1. The summed E-state index contributed by atoms with van der Waals surface area (Å²) in [7, 11) is 0. The van der Waals surface area contributed by atoms with Gasteiger partial charge in [0.1, 0.15) is 0 Å². The molecule has 0 radical (unpaired) electrons. The summed E-state index contributed by atoms with van der Waals surface area (Å²) in [5.41, 5.74) is 13.1. The van der Waals surface area contributed by atoms with E-state index in [2.05, 4.69) is 22.6 Å². The number of aromatic nitrogens is 1. The quantitative estimate of drug-likeness (QED) is 0.170. The van der Waals surface area contributed by atoms with Crippen LogP contribution >= 0.6 is 0 Å². The average molecular weight is 407 g/mol. The van der Waals surface area contributed by atoms with Crippen molar-refractivity contribution in [3.63, 3.8) is 0 Å². The van der Waals surface area contributed by atoms with Gasteiger partial charge in [-0.3, -0.25) is 4.79 Å². The Morgan fingerprint density at radius 3 is 2.67 bits per heavy atom. The van der Waals surface area contributed by atoms with Gasteiger partial charge in [0, 0.05) is 24.2 Å². The number of benzene rings is 2. The highest BCUT2D eigenvalue weighted by atomic mass is 19.1. The maximum absolute atomic E-state index is 15.1. The van der Waals surface area contributed by atoms with Gasteiger partial charge in [0.05, 0.1) is 27.8 Å². The van der Waals surface area contributed by atoms with E-state index >= 15 is 4.39 Å². The highest BCUT2D eigenvalue weighted by Crippen LogP contribution is 2.44. The Morgan fingerprint density at radius 1 is 1.27 bits per heavy atom. The first-order chi connectivity index (χ1) is 14.5. The lowest BCUT2D eigenvalue weighted by molar-refractivity contribution is 0.318. The molecule has 8 heteroatoms. The Kier molecular flexibility index (Phi) is 4.16. The molecule has 2 fully saturated rings. The zero-order chi connectivity index (χ0) is 21.0. The first-order valence-electron chi connectivity index (χ1n) is 9.95. The van der Waals surface area contributed by atoms with Gasteiger partial charge in [0.2, 0.25) is 5.43 Å². The number of halogens is 1. The molecule has 7 nitrogen and oxygen atoms in total. The number of amidine groups is 1. The second kappa shape index (κ2) is 6.76. The normalized spacial score (nSPS) is 21.0. The van der Waals surface area contributed by atoms with Crippen molar-refractivity contribution in [2.24, 2.45) is 10.9 Å². The highest BCUT2D eigenvalue weighted by molar-refractivity contribution is 6.03. The molecule has 5 rings (SSSR count). The molecule has 2 aliphatic carbocycles. The van der Waals surface area contributed by atoms with Crippen LogP contribution in [0.2, 0.25) is 0 Å². The third-order valence-corrected chi connectivity index (χ3v) is 5.98. The number of rotatable bonds is 5. The Labute approximate surface area is 171 Å². The van der Waals surface area contributed by atoms with Gasteiger partial charge in [0.25, 0.3) is 0 Å². The molecule has 0 spiro atoms. The number of hydrogen-bond donors (Lipinski definition) is 4. The van der Waals surface area contributed by atoms with E-state index in [-0.39, 0.29) is 40.2 Å². The lowest BCUT2D eigenvalue weighted by Crippen LogP contribution is -2.26. The SMILES string of the molecule is NC(=NO)c1cn(C2CC2)c2cc(NC3CC3c3ccccc3)c(F)c(N)c2c1=O. The number of anilines is 2. The minimum Gasteiger partial charge on any atom is -0.409 e. The van der Waals surface area contributed by atoms with Gasteiger partial charge in [0.15, 0.2) is 11.7 Å². The molecule has 0 saturated heterocycles. The summed E-state index contributed by atoms with van der Waals surface area (Å²) in [6.07, 6.45) is 4.35. The van der Waals surface area contributed by atoms with Crippen LogP contribution < -0.4 is 22.2 Å². The second-order valence-electron chi connectivity index (χ2n) is 8.05. The van der Waals surface area contributed by atoms with Gasteiger partial charge < -0.3 is 26.6 Å². The van der Waals surface area contributed by atoms with Crippen LogP contribution in [0.25, 0.3) is 10.9 Å². The van der Waals surface area contributed by atoms with Crippen LogP contribution in [0.4, 0.5) is 15.8 Å². The summed E-state index contributed by atoms with van der Waals surface area (Å²) >= 11 is 0. The van der Waals surface area contributed by atoms with E-state index in [1.165, 1.54) is 5.56 Å². The number of oxime groups is 1. The summed E-state index contributed by atoms with van der Waals surface area (Å²) in [6, 6.07) is 12.0. The molecular weight excluding hydrogens is 385 g/mol. The Bertz CT molecular complexity index is 1230. The number of nitrogens with zero attached hydrogens (tertiary/aromatic N) is 2. The highest BCUT2D eigenvalue weighted by Gasteiger charge is 2.39. The van der Waals surface area contributed by atoms with Crippen molar-refractivity contribution in [3.8, 4) is 0 Å². The van der Waals surface area contributed by atoms with E-state index in [1.807, 2.05) is 22.8 Å². The van der Waals surface area contributed by atoms with Gasteiger partial charge in [-0.2, -0.15) is 0 Å². The number of hydrogen-bond acceptors (Lipinski definition) is 5. The zero-order valence-corrected chi connectivity index (χ0v) is 16.2. The maximum Gasteiger partial charge on any atom is 0.202 e. The fourth-order valence-corrected chi connectivity index (χ4v) is 4.13. The van der Waals surface area contributed by atoms with Crippen molar-refractivity contribution < 1.29 is 9.60 Å². The molecule has 6 N–H and O–H groups in total. The van der Waals surface area contributed by atoms with E-state index in [0.717, 1.165) is 19.3 Å². The third-order valence-electron chi connectivity index (χ3n) is 5.98. The third kappa shape index (κ3) is 2.96. The molecule has 2 unspecified atom stereocenters. The molecular formula is C22H22FN5O2. The first kappa shape index (κ1) is 18.5.